The highest BCUT2D eigenvalue weighted by Gasteiger charge is 1.98. The second-order valence-electron chi connectivity index (χ2n) is 3.77. The molecule has 0 atom stereocenters. The number of nitrogens with zero attached hydrogens (tertiary/aromatic N) is 1. The Hall–Kier alpha value is -1.74. The summed E-state index contributed by atoms with van der Waals surface area (Å²) in [4.78, 5) is 4.34. The van der Waals surface area contributed by atoms with Gasteiger partial charge >= 0.3 is 0 Å². The number of pyridine rings is 1. The van der Waals surface area contributed by atoms with Crippen molar-refractivity contribution in [1.82, 2.24) is 4.98 Å². The van der Waals surface area contributed by atoms with Gasteiger partial charge in [0, 0.05) is 17.6 Å². The van der Waals surface area contributed by atoms with Crippen molar-refractivity contribution in [2.45, 2.75) is 13.5 Å². The number of nitrogens with one attached hydrogen (secondary N) is 1. The van der Waals surface area contributed by atoms with Crippen molar-refractivity contribution < 1.29 is 4.74 Å². The van der Waals surface area contributed by atoms with E-state index >= 15 is 0 Å². The minimum Gasteiger partial charge on any atom is -0.478 e. The summed E-state index contributed by atoms with van der Waals surface area (Å²) >= 11 is 5.84. The van der Waals surface area contributed by atoms with E-state index in [1.165, 1.54) is 0 Å². The van der Waals surface area contributed by atoms with E-state index in [4.69, 9.17) is 16.3 Å². The SMILES string of the molecule is CCOc1cccc(NCc2ccc(Cl)cc2)n1. The van der Waals surface area contributed by atoms with E-state index in [1.54, 1.807) is 0 Å². The van der Waals surface area contributed by atoms with E-state index in [1.807, 2.05) is 49.4 Å². The molecule has 1 heterocycles. The van der Waals surface area contributed by atoms with E-state index in [-0.39, 0.29) is 0 Å². The summed E-state index contributed by atoms with van der Waals surface area (Å²) in [6, 6.07) is 13.4. The summed E-state index contributed by atoms with van der Waals surface area (Å²) in [6.45, 7) is 3.27. The Balaban J connectivity index is 1.97. The lowest BCUT2D eigenvalue weighted by molar-refractivity contribution is 0.327. The van der Waals surface area contributed by atoms with Crippen molar-refractivity contribution in [1.29, 1.82) is 0 Å². The van der Waals surface area contributed by atoms with Gasteiger partial charge in [0.1, 0.15) is 5.82 Å². The van der Waals surface area contributed by atoms with Crippen LogP contribution in [0.5, 0.6) is 5.88 Å². The largest absolute Gasteiger partial charge is 0.478 e. The number of hydrogen-bond donors (Lipinski definition) is 1. The van der Waals surface area contributed by atoms with Crippen LogP contribution in [0.15, 0.2) is 42.5 Å². The normalized spacial score (nSPS) is 10.1. The molecule has 0 spiro atoms. The zero-order valence-electron chi connectivity index (χ0n) is 10.2. The smallest absolute Gasteiger partial charge is 0.215 e. The van der Waals surface area contributed by atoms with Gasteiger partial charge in [-0.05, 0) is 30.7 Å². The fraction of sp³-hybridized carbons (Fsp3) is 0.214. The van der Waals surface area contributed by atoms with E-state index in [9.17, 15) is 0 Å². The number of benzene rings is 1. The van der Waals surface area contributed by atoms with Crippen molar-refractivity contribution in [3.05, 3.63) is 53.1 Å². The third-order valence-electron chi connectivity index (χ3n) is 2.40. The molecule has 0 radical (unpaired) electrons. The maximum absolute atomic E-state index is 5.84. The molecular formula is C14H15ClN2O. The first kappa shape index (κ1) is 12.7. The highest BCUT2D eigenvalue weighted by molar-refractivity contribution is 6.30. The number of hydrogen-bond acceptors (Lipinski definition) is 3. The van der Waals surface area contributed by atoms with Crippen LogP contribution < -0.4 is 10.1 Å². The fourth-order valence-electron chi connectivity index (χ4n) is 1.54. The van der Waals surface area contributed by atoms with Crippen molar-refractivity contribution in [3.8, 4) is 5.88 Å². The summed E-state index contributed by atoms with van der Waals surface area (Å²) in [6.07, 6.45) is 0. The Labute approximate surface area is 112 Å². The second kappa shape index (κ2) is 6.26. The molecule has 18 heavy (non-hydrogen) atoms. The van der Waals surface area contributed by atoms with E-state index in [2.05, 4.69) is 10.3 Å². The van der Waals surface area contributed by atoms with Gasteiger partial charge in [0.25, 0.3) is 0 Å². The number of halogens is 1. The Morgan fingerprint density at radius 1 is 1.17 bits per heavy atom. The van der Waals surface area contributed by atoms with Gasteiger partial charge in [0.15, 0.2) is 0 Å². The van der Waals surface area contributed by atoms with Crippen LogP contribution in [0.25, 0.3) is 0 Å². The van der Waals surface area contributed by atoms with Crippen LogP contribution in [0.4, 0.5) is 5.82 Å². The fourth-order valence-corrected chi connectivity index (χ4v) is 1.66. The lowest BCUT2D eigenvalue weighted by Crippen LogP contribution is -2.02. The standard InChI is InChI=1S/C14H15ClN2O/c1-2-18-14-5-3-4-13(17-14)16-10-11-6-8-12(15)9-7-11/h3-9H,2,10H2,1H3,(H,16,17). The Kier molecular flexibility index (Phi) is 4.42. The average molecular weight is 263 g/mol. The zero-order valence-corrected chi connectivity index (χ0v) is 10.9. The van der Waals surface area contributed by atoms with Crippen LogP contribution in [-0.4, -0.2) is 11.6 Å². The topological polar surface area (TPSA) is 34.1 Å². The Bertz CT molecular complexity index is 499. The van der Waals surface area contributed by atoms with Crippen LogP contribution >= 0.6 is 11.6 Å². The Morgan fingerprint density at radius 2 is 1.94 bits per heavy atom. The molecule has 3 nitrogen and oxygen atoms in total. The van der Waals surface area contributed by atoms with Gasteiger partial charge in [-0.25, -0.2) is 0 Å². The third-order valence-corrected chi connectivity index (χ3v) is 2.65. The maximum atomic E-state index is 5.84. The molecule has 4 heteroatoms. The lowest BCUT2D eigenvalue weighted by atomic mass is 10.2. The number of aromatic nitrogens is 1. The van der Waals surface area contributed by atoms with Gasteiger partial charge in [0.05, 0.1) is 6.61 Å². The molecule has 0 unspecified atom stereocenters. The first-order valence-electron chi connectivity index (χ1n) is 5.86. The van der Waals surface area contributed by atoms with Gasteiger partial charge in [-0.3, -0.25) is 0 Å². The highest BCUT2D eigenvalue weighted by Crippen LogP contribution is 2.14. The van der Waals surface area contributed by atoms with E-state index in [0.717, 1.165) is 16.4 Å². The first-order chi connectivity index (χ1) is 8.78. The van der Waals surface area contributed by atoms with Crippen LogP contribution in [0.2, 0.25) is 5.02 Å². The second-order valence-corrected chi connectivity index (χ2v) is 4.21. The molecule has 1 N–H and O–H groups in total. The summed E-state index contributed by atoms with van der Waals surface area (Å²) in [5, 5.41) is 3.99. The van der Waals surface area contributed by atoms with Crippen molar-refractivity contribution >= 4 is 17.4 Å². The molecule has 1 aromatic carbocycles. The van der Waals surface area contributed by atoms with Crippen LogP contribution in [0.1, 0.15) is 12.5 Å². The molecule has 0 saturated carbocycles. The summed E-state index contributed by atoms with van der Waals surface area (Å²) in [7, 11) is 0. The minimum absolute atomic E-state index is 0.619. The van der Waals surface area contributed by atoms with Crippen LogP contribution in [0, 0.1) is 0 Å². The number of rotatable bonds is 5. The molecule has 1 aromatic heterocycles. The van der Waals surface area contributed by atoms with E-state index < -0.39 is 0 Å². The predicted octanol–water partition coefficient (Wildman–Crippen LogP) is 3.75. The maximum Gasteiger partial charge on any atom is 0.215 e. The van der Waals surface area contributed by atoms with Crippen molar-refractivity contribution in [2.75, 3.05) is 11.9 Å². The number of anilines is 1. The van der Waals surface area contributed by atoms with Gasteiger partial charge in [-0.15, -0.1) is 0 Å². The first-order valence-corrected chi connectivity index (χ1v) is 6.24. The molecule has 0 saturated heterocycles. The van der Waals surface area contributed by atoms with Gasteiger partial charge in [0.2, 0.25) is 5.88 Å². The summed E-state index contributed by atoms with van der Waals surface area (Å²) in [5.74, 6) is 1.44. The molecule has 2 rings (SSSR count). The minimum atomic E-state index is 0.619. The summed E-state index contributed by atoms with van der Waals surface area (Å²) in [5.41, 5.74) is 1.16. The zero-order chi connectivity index (χ0) is 12.8. The highest BCUT2D eigenvalue weighted by atomic mass is 35.5. The summed E-state index contributed by atoms with van der Waals surface area (Å²) < 4.78 is 5.35. The molecule has 0 amide bonds. The molecule has 0 aliphatic carbocycles. The molecule has 0 bridgehead atoms. The molecule has 0 aliphatic heterocycles. The van der Waals surface area contributed by atoms with Crippen LogP contribution in [-0.2, 0) is 6.54 Å². The predicted molar refractivity (Wildman–Crippen MR) is 74.2 cm³/mol. The van der Waals surface area contributed by atoms with Gasteiger partial charge < -0.3 is 10.1 Å². The monoisotopic (exact) mass is 262 g/mol. The molecular weight excluding hydrogens is 248 g/mol. The third kappa shape index (κ3) is 3.64. The van der Waals surface area contributed by atoms with Crippen molar-refractivity contribution in [2.24, 2.45) is 0 Å². The van der Waals surface area contributed by atoms with Gasteiger partial charge in [-0.2, -0.15) is 4.98 Å². The lowest BCUT2D eigenvalue weighted by Gasteiger charge is -2.07. The molecule has 2 aromatic rings. The van der Waals surface area contributed by atoms with Gasteiger partial charge in [-0.1, -0.05) is 29.8 Å². The Morgan fingerprint density at radius 3 is 2.67 bits per heavy atom. The molecule has 94 valence electrons. The van der Waals surface area contributed by atoms with E-state index in [0.29, 0.717) is 19.0 Å². The molecule has 0 fully saturated rings. The average Bonchev–Trinajstić information content (AvgIpc) is 2.39. The van der Waals surface area contributed by atoms with Crippen molar-refractivity contribution in [3.63, 3.8) is 0 Å². The van der Waals surface area contributed by atoms with Crippen LogP contribution in [0.3, 0.4) is 0 Å². The quantitative estimate of drug-likeness (QED) is 0.891. The molecule has 0 aliphatic rings. The number of ether oxygens (including phenoxy) is 1.